The monoisotopic (exact) mass is 366 g/mol. The number of benzene rings is 6. The Labute approximate surface area is 169 Å². The third-order valence-electron chi connectivity index (χ3n) is 6.62. The SMILES string of the molecule is c1ccc2c3c(ccc2c1)Cc1ccc2cc4ccc5ccccc5c4cc2c1-3. The van der Waals surface area contributed by atoms with Crippen LogP contribution in [-0.2, 0) is 6.42 Å². The van der Waals surface area contributed by atoms with E-state index in [0.717, 1.165) is 6.42 Å². The van der Waals surface area contributed by atoms with Crippen molar-refractivity contribution in [1.29, 1.82) is 0 Å². The highest BCUT2D eigenvalue weighted by atomic mass is 14.3. The first kappa shape index (κ1) is 15.3. The molecule has 0 spiro atoms. The van der Waals surface area contributed by atoms with Crippen LogP contribution in [0.4, 0.5) is 0 Å². The standard InChI is InChI=1S/C29H18/c1-3-7-24-18(5-1)9-11-20-15-21-12-14-23-16-22-13-10-19-6-2-4-8-25(19)28(22)29(23)27(21)17-26(20)24/h1-15,17H,16H2. The summed E-state index contributed by atoms with van der Waals surface area (Å²) in [4.78, 5) is 0. The van der Waals surface area contributed by atoms with E-state index in [1.54, 1.807) is 0 Å². The Kier molecular flexibility index (Phi) is 2.88. The average molecular weight is 366 g/mol. The van der Waals surface area contributed by atoms with Crippen LogP contribution in [0, 0.1) is 0 Å². The third kappa shape index (κ3) is 2.04. The molecule has 0 nitrogen and oxygen atoms in total. The zero-order chi connectivity index (χ0) is 18.9. The van der Waals surface area contributed by atoms with Crippen molar-refractivity contribution in [3.63, 3.8) is 0 Å². The van der Waals surface area contributed by atoms with E-state index in [-0.39, 0.29) is 0 Å². The van der Waals surface area contributed by atoms with Crippen LogP contribution in [0.15, 0.2) is 97.1 Å². The zero-order valence-electron chi connectivity index (χ0n) is 15.9. The molecule has 134 valence electrons. The molecule has 0 heterocycles. The van der Waals surface area contributed by atoms with Gasteiger partial charge in [-0.1, -0.05) is 84.9 Å². The molecular weight excluding hydrogens is 348 g/mol. The van der Waals surface area contributed by atoms with Gasteiger partial charge in [0.2, 0.25) is 0 Å². The predicted molar refractivity (Wildman–Crippen MR) is 125 cm³/mol. The molecule has 0 bridgehead atoms. The van der Waals surface area contributed by atoms with Crippen molar-refractivity contribution in [3.8, 4) is 11.1 Å². The van der Waals surface area contributed by atoms with Crippen molar-refractivity contribution < 1.29 is 0 Å². The summed E-state index contributed by atoms with van der Waals surface area (Å²) < 4.78 is 0. The Hall–Kier alpha value is -3.64. The Morgan fingerprint density at radius 3 is 1.76 bits per heavy atom. The summed E-state index contributed by atoms with van der Waals surface area (Å²) in [5, 5.41) is 10.7. The Balaban J connectivity index is 1.67. The van der Waals surface area contributed by atoms with E-state index in [1.807, 2.05) is 0 Å². The van der Waals surface area contributed by atoms with E-state index in [4.69, 9.17) is 0 Å². The molecular formula is C29H18. The minimum atomic E-state index is 1.03. The number of rotatable bonds is 0. The fourth-order valence-electron chi connectivity index (χ4n) is 5.28. The lowest BCUT2D eigenvalue weighted by Crippen LogP contribution is -1.86. The van der Waals surface area contributed by atoms with Gasteiger partial charge in [-0.05, 0) is 83.9 Å². The fourth-order valence-corrected chi connectivity index (χ4v) is 5.28. The molecule has 7 rings (SSSR count). The summed E-state index contributed by atoms with van der Waals surface area (Å²) in [5.74, 6) is 0. The first-order chi connectivity index (χ1) is 14.4. The molecule has 0 fully saturated rings. The third-order valence-corrected chi connectivity index (χ3v) is 6.62. The van der Waals surface area contributed by atoms with E-state index in [0.29, 0.717) is 0 Å². The quantitative estimate of drug-likeness (QED) is 0.189. The topological polar surface area (TPSA) is 0 Å². The van der Waals surface area contributed by atoms with Gasteiger partial charge >= 0.3 is 0 Å². The zero-order valence-corrected chi connectivity index (χ0v) is 15.9. The number of fused-ring (bicyclic) bond motifs is 10. The molecule has 0 amide bonds. The number of hydrogen-bond acceptors (Lipinski definition) is 0. The summed E-state index contributed by atoms with van der Waals surface area (Å²) in [6, 6.07) is 36.0. The first-order valence-corrected chi connectivity index (χ1v) is 10.2. The van der Waals surface area contributed by atoms with Gasteiger partial charge in [-0.25, -0.2) is 0 Å². The molecule has 0 saturated heterocycles. The van der Waals surface area contributed by atoms with Crippen LogP contribution >= 0.6 is 0 Å². The molecule has 0 radical (unpaired) electrons. The summed E-state index contributed by atoms with van der Waals surface area (Å²) in [5.41, 5.74) is 5.76. The molecule has 1 aliphatic carbocycles. The normalized spacial score (nSPS) is 12.7. The summed E-state index contributed by atoms with van der Waals surface area (Å²) >= 11 is 0. The van der Waals surface area contributed by atoms with Gasteiger partial charge in [0.1, 0.15) is 0 Å². The second-order valence-electron chi connectivity index (χ2n) is 8.18. The van der Waals surface area contributed by atoms with Crippen LogP contribution in [0.25, 0.3) is 54.2 Å². The van der Waals surface area contributed by atoms with Gasteiger partial charge in [0.15, 0.2) is 0 Å². The van der Waals surface area contributed by atoms with Crippen LogP contribution in [0.3, 0.4) is 0 Å². The lowest BCUT2D eigenvalue weighted by molar-refractivity contribution is 1.27. The second kappa shape index (κ2) is 5.46. The van der Waals surface area contributed by atoms with Crippen LogP contribution < -0.4 is 0 Å². The summed E-state index contributed by atoms with van der Waals surface area (Å²) in [7, 11) is 0. The van der Waals surface area contributed by atoms with Crippen molar-refractivity contribution in [2.24, 2.45) is 0 Å². The van der Waals surface area contributed by atoms with Gasteiger partial charge in [0, 0.05) is 0 Å². The molecule has 0 saturated carbocycles. The maximum absolute atomic E-state index is 2.43. The number of hydrogen-bond donors (Lipinski definition) is 0. The molecule has 1 aliphatic rings. The smallest absolute Gasteiger partial charge is 0.00130 e. The Morgan fingerprint density at radius 1 is 0.379 bits per heavy atom. The summed E-state index contributed by atoms with van der Waals surface area (Å²) in [6.45, 7) is 0. The van der Waals surface area contributed by atoms with Gasteiger partial charge in [-0.2, -0.15) is 0 Å². The molecule has 0 heteroatoms. The van der Waals surface area contributed by atoms with Crippen molar-refractivity contribution in [2.45, 2.75) is 6.42 Å². The van der Waals surface area contributed by atoms with Gasteiger partial charge < -0.3 is 0 Å². The van der Waals surface area contributed by atoms with E-state index in [1.165, 1.54) is 65.3 Å². The largest absolute Gasteiger partial charge is 0.0616 e. The van der Waals surface area contributed by atoms with Crippen molar-refractivity contribution >= 4 is 43.1 Å². The van der Waals surface area contributed by atoms with E-state index >= 15 is 0 Å². The average Bonchev–Trinajstić information content (AvgIpc) is 3.17. The Morgan fingerprint density at radius 2 is 0.931 bits per heavy atom. The highest BCUT2D eigenvalue weighted by Crippen LogP contribution is 2.46. The van der Waals surface area contributed by atoms with Gasteiger partial charge in [0.05, 0.1) is 0 Å². The molecule has 6 aromatic rings. The van der Waals surface area contributed by atoms with E-state index < -0.39 is 0 Å². The van der Waals surface area contributed by atoms with Crippen molar-refractivity contribution in [3.05, 3.63) is 108 Å². The predicted octanol–water partition coefficient (Wildman–Crippen LogP) is 7.87. The molecule has 0 N–H and O–H groups in total. The molecule has 0 atom stereocenters. The highest BCUT2D eigenvalue weighted by molar-refractivity contribution is 6.17. The highest BCUT2D eigenvalue weighted by Gasteiger charge is 2.23. The Bertz CT molecular complexity index is 1620. The van der Waals surface area contributed by atoms with Gasteiger partial charge in [0.25, 0.3) is 0 Å². The lowest BCUT2D eigenvalue weighted by atomic mass is 9.91. The fraction of sp³-hybridized carbons (Fsp3) is 0.0345. The maximum Gasteiger partial charge on any atom is -0.00130 e. The molecule has 29 heavy (non-hydrogen) atoms. The minimum absolute atomic E-state index is 1.03. The maximum atomic E-state index is 2.43. The van der Waals surface area contributed by atoms with Gasteiger partial charge in [-0.15, -0.1) is 0 Å². The minimum Gasteiger partial charge on any atom is -0.0616 e. The van der Waals surface area contributed by atoms with Crippen molar-refractivity contribution in [1.82, 2.24) is 0 Å². The first-order valence-electron chi connectivity index (χ1n) is 10.2. The van der Waals surface area contributed by atoms with Crippen LogP contribution in [0.5, 0.6) is 0 Å². The summed E-state index contributed by atoms with van der Waals surface area (Å²) in [6.07, 6.45) is 1.03. The molecule has 0 unspecified atom stereocenters. The molecule has 0 aliphatic heterocycles. The van der Waals surface area contributed by atoms with Crippen LogP contribution in [0.2, 0.25) is 0 Å². The van der Waals surface area contributed by atoms with E-state index in [9.17, 15) is 0 Å². The van der Waals surface area contributed by atoms with Crippen molar-refractivity contribution in [2.75, 3.05) is 0 Å². The van der Waals surface area contributed by atoms with Gasteiger partial charge in [-0.3, -0.25) is 0 Å². The van der Waals surface area contributed by atoms with Crippen LogP contribution in [-0.4, -0.2) is 0 Å². The van der Waals surface area contributed by atoms with E-state index in [2.05, 4.69) is 97.1 Å². The van der Waals surface area contributed by atoms with Crippen LogP contribution in [0.1, 0.15) is 11.1 Å². The lowest BCUT2D eigenvalue weighted by Gasteiger charge is -2.12. The second-order valence-corrected chi connectivity index (χ2v) is 8.18. The molecule has 6 aromatic carbocycles. The molecule has 0 aromatic heterocycles.